The van der Waals surface area contributed by atoms with Gasteiger partial charge < -0.3 is 9.15 Å². The second kappa shape index (κ2) is 7.03. The number of hydrogen-bond acceptors (Lipinski definition) is 4. The maximum absolute atomic E-state index is 12.8. The van der Waals surface area contributed by atoms with E-state index in [1.165, 1.54) is 5.56 Å². The van der Waals surface area contributed by atoms with Crippen molar-refractivity contribution in [3.8, 4) is 5.75 Å². The van der Waals surface area contributed by atoms with Crippen molar-refractivity contribution in [2.45, 2.75) is 39.5 Å². The summed E-state index contributed by atoms with van der Waals surface area (Å²) < 4.78 is 11.0. The van der Waals surface area contributed by atoms with Crippen molar-refractivity contribution in [2.75, 3.05) is 0 Å². The maximum atomic E-state index is 12.8. The highest BCUT2D eigenvalue weighted by molar-refractivity contribution is 6.35. The Hall–Kier alpha value is -2.59. The number of ether oxygens (including phenoxy) is 1. The lowest BCUT2D eigenvalue weighted by atomic mass is 9.87. The number of hydrogen-bond donors (Lipinski definition) is 0. The number of Topliss-reactive ketones (excluding diaryl/α,β-unsaturated/α-hetero) is 1. The molecule has 0 spiro atoms. The van der Waals surface area contributed by atoms with Gasteiger partial charge >= 0.3 is 5.97 Å². The summed E-state index contributed by atoms with van der Waals surface area (Å²) >= 11 is 6.26. The van der Waals surface area contributed by atoms with Gasteiger partial charge in [-0.1, -0.05) is 44.5 Å². The topological polar surface area (TPSA) is 56.5 Å². The van der Waals surface area contributed by atoms with Crippen molar-refractivity contribution < 1.29 is 18.7 Å². The Morgan fingerprint density at radius 2 is 1.76 bits per heavy atom. The van der Waals surface area contributed by atoms with E-state index in [0.717, 1.165) is 11.1 Å². The molecule has 2 atom stereocenters. The Morgan fingerprint density at radius 3 is 2.41 bits per heavy atom. The summed E-state index contributed by atoms with van der Waals surface area (Å²) in [5.41, 5.74) is 2.27. The van der Waals surface area contributed by atoms with Crippen molar-refractivity contribution >= 4 is 34.3 Å². The van der Waals surface area contributed by atoms with Crippen LogP contribution in [0.25, 0.3) is 11.0 Å². The lowest BCUT2D eigenvalue weighted by Gasteiger charge is -2.19. The molecule has 29 heavy (non-hydrogen) atoms. The van der Waals surface area contributed by atoms with E-state index in [9.17, 15) is 9.59 Å². The van der Waals surface area contributed by atoms with Crippen molar-refractivity contribution in [3.63, 3.8) is 0 Å². The van der Waals surface area contributed by atoms with Crippen LogP contribution in [-0.4, -0.2) is 11.8 Å². The van der Waals surface area contributed by atoms with E-state index in [1.807, 2.05) is 25.1 Å². The van der Waals surface area contributed by atoms with Gasteiger partial charge in [0.1, 0.15) is 11.5 Å². The number of rotatable bonds is 4. The SMILES string of the molecule is Cc1cc2cc(C(=O)C3CC3C(=O)Oc3ccc(C(C)(C)C)cc3)cc(Cl)c2o1. The number of aryl methyl sites for hydroxylation is 1. The minimum absolute atomic E-state index is 0.0342. The Bertz CT molecular complexity index is 1100. The standard InChI is InChI=1S/C24H23ClO4/c1-13-9-15-10-14(11-20(25)22(15)28-13)21(26)18-12-19(18)23(27)29-17-7-5-16(6-8-17)24(2,3)4/h5-11,18-19H,12H2,1-4H3. The Morgan fingerprint density at radius 1 is 1.07 bits per heavy atom. The van der Waals surface area contributed by atoms with Gasteiger partial charge in [-0.15, -0.1) is 0 Å². The van der Waals surface area contributed by atoms with Crippen molar-refractivity contribution in [1.82, 2.24) is 0 Å². The number of carbonyl (C=O) groups is 2. The third kappa shape index (κ3) is 3.95. The zero-order valence-corrected chi connectivity index (χ0v) is 17.7. The summed E-state index contributed by atoms with van der Waals surface area (Å²) in [6.45, 7) is 8.22. The summed E-state index contributed by atoms with van der Waals surface area (Å²) in [7, 11) is 0. The second-order valence-electron chi connectivity index (χ2n) is 8.74. The quantitative estimate of drug-likeness (QED) is 0.295. The molecule has 4 nitrogen and oxygen atoms in total. The van der Waals surface area contributed by atoms with Gasteiger partial charge in [-0.3, -0.25) is 9.59 Å². The van der Waals surface area contributed by atoms with E-state index >= 15 is 0 Å². The highest BCUT2D eigenvalue weighted by Crippen LogP contribution is 2.43. The molecule has 2 aromatic carbocycles. The van der Waals surface area contributed by atoms with Crippen molar-refractivity contribution in [2.24, 2.45) is 11.8 Å². The van der Waals surface area contributed by atoms with Crippen LogP contribution in [0.1, 0.15) is 48.9 Å². The largest absolute Gasteiger partial charge is 0.460 e. The molecule has 1 aliphatic rings. The molecule has 1 aliphatic carbocycles. The van der Waals surface area contributed by atoms with Crippen LogP contribution in [0.4, 0.5) is 0 Å². The van der Waals surface area contributed by atoms with E-state index < -0.39 is 5.92 Å². The molecular weight excluding hydrogens is 388 g/mol. The van der Waals surface area contributed by atoms with Gasteiger partial charge in [0.2, 0.25) is 0 Å². The third-order valence-electron chi connectivity index (χ3n) is 5.35. The van der Waals surface area contributed by atoms with Crippen LogP contribution in [0.15, 0.2) is 46.9 Å². The molecule has 2 unspecified atom stereocenters. The average Bonchev–Trinajstić information content (AvgIpc) is 3.36. The van der Waals surface area contributed by atoms with E-state index in [0.29, 0.717) is 28.3 Å². The van der Waals surface area contributed by atoms with Crippen LogP contribution in [0.2, 0.25) is 5.02 Å². The van der Waals surface area contributed by atoms with Gasteiger partial charge in [-0.05, 0) is 54.7 Å². The fourth-order valence-electron chi connectivity index (χ4n) is 3.56. The summed E-state index contributed by atoms with van der Waals surface area (Å²) in [6, 6.07) is 12.7. The first kappa shape index (κ1) is 19.7. The number of esters is 1. The first-order valence-corrected chi connectivity index (χ1v) is 10.1. The fourth-order valence-corrected chi connectivity index (χ4v) is 3.82. The Kier molecular flexibility index (Phi) is 4.78. The molecular formula is C24H23ClO4. The smallest absolute Gasteiger partial charge is 0.315 e. The number of halogens is 1. The van der Waals surface area contributed by atoms with E-state index in [1.54, 1.807) is 24.3 Å². The normalized spacial score (nSPS) is 18.7. The fraction of sp³-hybridized carbons (Fsp3) is 0.333. The highest BCUT2D eigenvalue weighted by atomic mass is 35.5. The van der Waals surface area contributed by atoms with E-state index in [-0.39, 0.29) is 23.1 Å². The number of furan rings is 1. The molecule has 3 aromatic rings. The lowest BCUT2D eigenvalue weighted by Crippen LogP contribution is -2.15. The van der Waals surface area contributed by atoms with Crippen LogP contribution in [0.3, 0.4) is 0 Å². The van der Waals surface area contributed by atoms with Crippen molar-refractivity contribution in [3.05, 3.63) is 64.4 Å². The van der Waals surface area contributed by atoms with Gasteiger partial charge in [-0.2, -0.15) is 0 Å². The van der Waals surface area contributed by atoms with Crippen LogP contribution in [0, 0.1) is 18.8 Å². The van der Waals surface area contributed by atoms with Gasteiger partial charge in [0, 0.05) is 16.9 Å². The number of ketones is 1. The molecule has 1 heterocycles. The van der Waals surface area contributed by atoms with Gasteiger partial charge in [0.25, 0.3) is 0 Å². The van der Waals surface area contributed by atoms with E-state index in [4.69, 9.17) is 20.8 Å². The first-order valence-electron chi connectivity index (χ1n) is 9.69. The predicted molar refractivity (Wildman–Crippen MR) is 113 cm³/mol. The molecule has 1 saturated carbocycles. The molecule has 4 rings (SSSR count). The number of fused-ring (bicyclic) bond motifs is 1. The molecule has 0 bridgehead atoms. The number of benzene rings is 2. The molecule has 1 aromatic heterocycles. The molecule has 0 radical (unpaired) electrons. The molecule has 0 saturated heterocycles. The second-order valence-corrected chi connectivity index (χ2v) is 9.15. The molecule has 5 heteroatoms. The Labute approximate surface area is 174 Å². The minimum Gasteiger partial charge on any atom is -0.460 e. The van der Waals surface area contributed by atoms with E-state index in [2.05, 4.69) is 20.8 Å². The summed E-state index contributed by atoms with van der Waals surface area (Å²) in [5, 5.41) is 1.19. The molecule has 0 N–H and O–H groups in total. The van der Waals surface area contributed by atoms with Crippen LogP contribution in [-0.2, 0) is 10.2 Å². The molecule has 1 fully saturated rings. The van der Waals surface area contributed by atoms with Gasteiger partial charge in [0.05, 0.1) is 10.9 Å². The average molecular weight is 411 g/mol. The molecule has 150 valence electrons. The van der Waals surface area contributed by atoms with Crippen LogP contribution in [0.5, 0.6) is 5.75 Å². The molecule has 0 amide bonds. The zero-order chi connectivity index (χ0) is 20.9. The van der Waals surface area contributed by atoms with Crippen LogP contribution < -0.4 is 4.74 Å². The predicted octanol–water partition coefficient (Wildman–Crippen LogP) is 6.12. The summed E-state index contributed by atoms with van der Waals surface area (Å²) in [6.07, 6.45) is 0.498. The highest BCUT2D eigenvalue weighted by Gasteiger charge is 2.49. The Balaban J connectivity index is 1.44. The van der Waals surface area contributed by atoms with Crippen LogP contribution >= 0.6 is 11.6 Å². The number of carbonyl (C=O) groups excluding carboxylic acids is 2. The zero-order valence-electron chi connectivity index (χ0n) is 16.9. The first-order chi connectivity index (χ1) is 13.6. The maximum Gasteiger partial charge on any atom is 0.315 e. The van der Waals surface area contributed by atoms with Gasteiger partial charge in [-0.25, -0.2) is 0 Å². The minimum atomic E-state index is -0.412. The van der Waals surface area contributed by atoms with Crippen molar-refractivity contribution in [1.29, 1.82) is 0 Å². The third-order valence-corrected chi connectivity index (χ3v) is 5.63. The summed E-state index contributed by atoms with van der Waals surface area (Å²) in [5.74, 6) is 0.00961. The van der Waals surface area contributed by atoms with Gasteiger partial charge in [0.15, 0.2) is 11.4 Å². The summed E-state index contributed by atoms with van der Waals surface area (Å²) in [4.78, 5) is 25.3. The molecule has 0 aliphatic heterocycles. The monoisotopic (exact) mass is 410 g/mol. The lowest BCUT2D eigenvalue weighted by molar-refractivity contribution is -0.136.